The fourth-order valence-corrected chi connectivity index (χ4v) is 3.70. The second kappa shape index (κ2) is 7.65. The standard InChI is InChI=1S/C25H22N4O2/c1-14(30)22-10-21-13-25-23(15(2)31-3)11-20(28-25)9-18-5-4-16(26-18)8-17-6-7-19(27-17)12-24(22)29-21/h4-15,30H,1-3H3/i11D. The van der Waals surface area contributed by atoms with Crippen LogP contribution in [0.25, 0.3) is 0 Å². The number of hydrogen-bond acceptors (Lipinski definition) is 6. The molecule has 8 bridgehead atoms. The smallest absolute Gasteiger partial charge is 0.0814 e. The van der Waals surface area contributed by atoms with Gasteiger partial charge in [0.25, 0.3) is 0 Å². The summed E-state index contributed by atoms with van der Waals surface area (Å²) < 4.78 is 14.2. The van der Waals surface area contributed by atoms with Gasteiger partial charge in [-0.1, -0.05) is 0 Å². The fraction of sp³-hybridized carbons (Fsp3) is 0.200. The van der Waals surface area contributed by atoms with E-state index in [1.54, 1.807) is 20.1 Å². The molecule has 0 fully saturated rings. The summed E-state index contributed by atoms with van der Waals surface area (Å²) in [4.78, 5) is 18.7. The first-order valence-electron chi connectivity index (χ1n) is 10.6. The predicted molar refractivity (Wildman–Crippen MR) is 125 cm³/mol. The molecule has 1 N–H and O–H groups in total. The zero-order chi connectivity index (χ0) is 22.4. The van der Waals surface area contributed by atoms with E-state index in [9.17, 15) is 5.11 Å². The van der Waals surface area contributed by atoms with Gasteiger partial charge in [-0.05, 0) is 74.6 Å². The monoisotopic (exact) mass is 411 g/mol. The zero-order valence-electron chi connectivity index (χ0n) is 18.5. The van der Waals surface area contributed by atoms with Gasteiger partial charge in [-0.25, -0.2) is 20.0 Å². The quantitative estimate of drug-likeness (QED) is 0.768. The molecule has 2 unspecified atom stereocenters. The van der Waals surface area contributed by atoms with Crippen LogP contribution in [0.3, 0.4) is 0 Å². The van der Waals surface area contributed by atoms with Crippen LogP contribution in [0.1, 0.15) is 15.2 Å². The van der Waals surface area contributed by atoms with E-state index in [0.29, 0.717) is 40.0 Å². The second-order valence-electron chi connectivity index (χ2n) is 7.66. The molecule has 0 radical (unpaired) electrons. The van der Waals surface area contributed by atoms with Crippen LogP contribution >= 0.6 is 0 Å². The average Bonchev–Trinajstić information content (AvgIpc) is 3.52. The lowest BCUT2D eigenvalue weighted by molar-refractivity contribution is 0.149. The molecule has 5 aliphatic heterocycles. The Hall–Kier alpha value is -3.48. The van der Waals surface area contributed by atoms with Gasteiger partial charge in [-0.2, -0.15) is 0 Å². The van der Waals surface area contributed by atoms with E-state index in [1.165, 1.54) is 0 Å². The minimum Gasteiger partial charge on any atom is -0.389 e. The maximum atomic E-state index is 10.3. The average molecular weight is 411 g/mol. The third kappa shape index (κ3) is 3.83. The molecule has 0 aromatic rings. The highest BCUT2D eigenvalue weighted by atomic mass is 16.5. The van der Waals surface area contributed by atoms with E-state index in [0.717, 1.165) is 22.8 Å². The minimum absolute atomic E-state index is 0.305. The van der Waals surface area contributed by atoms with Gasteiger partial charge in [0, 0.05) is 18.3 Å². The fourth-order valence-electron chi connectivity index (χ4n) is 3.70. The van der Waals surface area contributed by atoms with E-state index in [-0.39, 0.29) is 6.10 Å². The molecular weight excluding hydrogens is 388 g/mol. The number of ether oxygens (including phenoxy) is 1. The van der Waals surface area contributed by atoms with Crippen molar-refractivity contribution in [3.05, 3.63) is 94.7 Å². The summed E-state index contributed by atoms with van der Waals surface area (Å²) in [5.41, 5.74) is 6.90. The summed E-state index contributed by atoms with van der Waals surface area (Å²) in [6.45, 7) is 3.61. The Bertz CT molecular complexity index is 1290. The van der Waals surface area contributed by atoms with Gasteiger partial charge >= 0.3 is 0 Å². The van der Waals surface area contributed by atoms with E-state index in [4.69, 9.17) is 16.1 Å². The molecule has 0 amide bonds. The van der Waals surface area contributed by atoms with Crippen LogP contribution in [0.15, 0.2) is 115 Å². The summed E-state index contributed by atoms with van der Waals surface area (Å²) >= 11 is 0. The summed E-state index contributed by atoms with van der Waals surface area (Å²) in [5, 5.41) is 10.3. The largest absolute Gasteiger partial charge is 0.389 e. The number of allylic oxidation sites excluding steroid dienone is 10. The first-order valence-corrected chi connectivity index (χ1v) is 10.1. The summed E-state index contributed by atoms with van der Waals surface area (Å²) in [6, 6.07) is 0.305. The maximum Gasteiger partial charge on any atom is 0.0814 e. The molecule has 0 spiro atoms. The van der Waals surface area contributed by atoms with Crippen LogP contribution in [0.4, 0.5) is 0 Å². The van der Waals surface area contributed by atoms with Crippen LogP contribution in [0.5, 0.6) is 0 Å². The van der Waals surface area contributed by atoms with E-state index in [2.05, 4.69) is 9.98 Å². The van der Waals surface area contributed by atoms with Crippen molar-refractivity contribution in [1.82, 2.24) is 0 Å². The Morgan fingerprint density at radius 3 is 2.00 bits per heavy atom. The van der Waals surface area contributed by atoms with Gasteiger partial charge < -0.3 is 9.84 Å². The molecule has 0 saturated carbocycles. The summed E-state index contributed by atoms with van der Waals surface area (Å²) in [7, 11) is 1.61. The van der Waals surface area contributed by atoms with Gasteiger partial charge in [-0.3, -0.25) is 0 Å². The molecule has 154 valence electrons. The molecule has 0 saturated heterocycles. The third-order valence-electron chi connectivity index (χ3n) is 5.35. The van der Waals surface area contributed by atoms with Gasteiger partial charge in [0.2, 0.25) is 0 Å². The Labute approximate surface area is 182 Å². The van der Waals surface area contributed by atoms with Crippen molar-refractivity contribution < 1.29 is 11.2 Å². The minimum atomic E-state index is -0.689. The van der Waals surface area contributed by atoms with E-state index < -0.39 is 6.10 Å². The lowest BCUT2D eigenvalue weighted by atomic mass is 10.0. The van der Waals surface area contributed by atoms with Gasteiger partial charge in [0.15, 0.2) is 0 Å². The molecule has 6 nitrogen and oxygen atoms in total. The van der Waals surface area contributed by atoms with E-state index in [1.807, 2.05) is 55.5 Å². The Kier molecular flexibility index (Phi) is 4.52. The normalized spacial score (nSPS) is 23.9. The maximum absolute atomic E-state index is 10.3. The van der Waals surface area contributed by atoms with Crippen LogP contribution in [0, 0.1) is 0 Å². The number of hydrogen-bond donors (Lipinski definition) is 1. The van der Waals surface area contributed by atoms with Crippen LogP contribution in [-0.2, 0) is 4.74 Å². The molecule has 2 atom stereocenters. The van der Waals surface area contributed by atoms with Crippen molar-refractivity contribution in [3.63, 3.8) is 0 Å². The Morgan fingerprint density at radius 1 is 0.742 bits per heavy atom. The number of methoxy groups -OCH3 is 1. The Morgan fingerprint density at radius 2 is 1.32 bits per heavy atom. The van der Waals surface area contributed by atoms with Crippen molar-refractivity contribution in [2.45, 2.75) is 26.1 Å². The van der Waals surface area contributed by atoms with Crippen molar-refractivity contribution in [2.24, 2.45) is 20.0 Å². The summed E-state index contributed by atoms with van der Waals surface area (Å²) in [6.07, 6.45) is 15.9. The number of nitrogens with zero attached hydrogens (tertiary/aromatic N) is 4. The van der Waals surface area contributed by atoms with Gasteiger partial charge in [-0.15, -0.1) is 0 Å². The molecule has 0 aromatic carbocycles. The van der Waals surface area contributed by atoms with Crippen LogP contribution in [0.2, 0.25) is 0 Å². The number of aliphatic hydroxyl groups is 1. The highest BCUT2D eigenvalue weighted by Gasteiger charge is 2.23. The molecule has 5 rings (SSSR count). The number of rotatable bonds is 3. The number of fused-ring (bicyclic) bond motifs is 4. The third-order valence-corrected chi connectivity index (χ3v) is 5.35. The molecule has 6 heteroatoms. The van der Waals surface area contributed by atoms with Crippen LogP contribution < -0.4 is 0 Å². The SMILES string of the molecule is [2H]C1=C(C(C)OC)C2=CC3=NC(=CC4=NC(=CC5=NC(=CC1=N2)C=C5)C=C4)C(C(C)O)=C3. The number of aliphatic hydroxyl groups excluding tert-OH is 1. The molecule has 0 aliphatic carbocycles. The number of aliphatic imine (C=N–C) groups is 4. The zero-order valence-corrected chi connectivity index (χ0v) is 17.5. The lowest BCUT2D eigenvalue weighted by Gasteiger charge is -2.11. The topological polar surface area (TPSA) is 78.9 Å². The van der Waals surface area contributed by atoms with Crippen molar-refractivity contribution in [2.75, 3.05) is 7.11 Å². The van der Waals surface area contributed by atoms with Gasteiger partial charge in [0.05, 0.1) is 59.2 Å². The molecule has 5 aliphatic rings. The second-order valence-corrected chi connectivity index (χ2v) is 7.66. The van der Waals surface area contributed by atoms with Crippen molar-refractivity contribution in [1.29, 1.82) is 0 Å². The van der Waals surface area contributed by atoms with E-state index >= 15 is 0 Å². The van der Waals surface area contributed by atoms with Crippen LogP contribution in [-0.4, -0.2) is 47.3 Å². The summed E-state index contributed by atoms with van der Waals surface area (Å²) in [5.74, 6) is 0. The highest BCUT2D eigenvalue weighted by molar-refractivity contribution is 6.15. The first-order chi connectivity index (χ1) is 15.4. The Balaban J connectivity index is 1.71. The molecule has 0 aromatic heterocycles. The molecular formula is C25H22N4O2. The van der Waals surface area contributed by atoms with Crippen molar-refractivity contribution in [3.8, 4) is 0 Å². The molecule has 31 heavy (non-hydrogen) atoms. The highest BCUT2D eigenvalue weighted by Crippen LogP contribution is 2.29. The first kappa shape index (κ1) is 18.3. The molecule has 5 heterocycles. The van der Waals surface area contributed by atoms with Gasteiger partial charge in [0.1, 0.15) is 0 Å². The predicted octanol–water partition coefficient (Wildman–Crippen LogP) is 3.73. The lowest BCUT2D eigenvalue weighted by Crippen LogP contribution is -2.09. The van der Waals surface area contributed by atoms with Crippen molar-refractivity contribution >= 4 is 22.8 Å².